The highest BCUT2D eigenvalue weighted by Crippen LogP contribution is 2.42. The Bertz CT molecular complexity index is 1340. The zero-order chi connectivity index (χ0) is 26.9. The van der Waals surface area contributed by atoms with Gasteiger partial charge >= 0.3 is 0 Å². The average Bonchev–Trinajstić information content (AvgIpc) is 3.13. The van der Waals surface area contributed by atoms with Crippen LogP contribution in [0.15, 0.2) is 72.6 Å². The molecule has 0 bridgehead atoms. The molecular formula is C31H34N2O4. The molecule has 1 amide bonds. The maximum absolute atomic E-state index is 13.4. The van der Waals surface area contributed by atoms with Gasteiger partial charge in [-0.25, -0.2) is 0 Å². The lowest BCUT2D eigenvalue weighted by Gasteiger charge is -2.26. The number of rotatable bonds is 6. The van der Waals surface area contributed by atoms with E-state index in [1.165, 1.54) is 4.90 Å². The number of carbonyl (C=O) groups excluding carboxylic acids is 2. The molecule has 4 rings (SSSR count). The Kier molecular flexibility index (Phi) is 7.21. The number of pyridine rings is 1. The summed E-state index contributed by atoms with van der Waals surface area (Å²) < 4.78 is 5.86. The lowest BCUT2D eigenvalue weighted by atomic mass is 9.87. The van der Waals surface area contributed by atoms with E-state index in [-0.39, 0.29) is 16.7 Å². The molecular weight excluding hydrogens is 464 g/mol. The number of benzene rings is 2. The molecule has 2 aromatic carbocycles. The van der Waals surface area contributed by atoms with Gasteiger partial charge in [-0.15, -0.1) is 0 Å². The van der Waals surface area contributed by atoms with Crippen LogP contribution in [0.25, 0.3) is 5.76 Å². The highest BCUT2D eigenvalue weighted by atomic mass is 16.5. The van der Waals surface area contributed by atoms with Crippen molar-refractivity contribution in [2.24, 2.45) is 5.92 Å². The second-order valence-corrected chi connectivity index (χ2v) is 10.9. The Balaban J connectivity index is 1.82. The third-order valence-corrected chi connectivity index (χ3v) is 6.50. The van der Waals surface area contributed by atoms with Gasteiger partial charge in [0, 0.05) is 23.6 Å². The number of hydrogen-bond donors (Lipinski definition) is 1. The number of amides is 1. The molecule has 6 nitrogen and oxygen atoms in total. The molecule has 1 saturated heterocycles. The van der Waals surface area contributed by atoms with Crippen LogP contribution in [-0.2, 0) is 15.0 Å². The van der Waals surface area contributed by atoms with E-state index < -0.39 is 17.7 Å². The summed E-state index contributed by atoms with van der Waals surface area (Å²) in [5, 5.41) is 11.4. The Hall–Kier alpha value is -3.93. The summed E-state index contributed by atoms with van der Waals surface area (Å²) in [7, 11) is 0. The van der Waals surface area contributed by atoms with Gasteiger partial charge < -0.3 is 9.84 Å². The number of aryl methyl sites for hydroxylation is 1. The van der Waals surface area contributed by atoms with Crippen molar-refractivity contribution in [3.8, 4) is 5.75 Å². The fraction of sp³-hybridized carbons (Fsp3) is 0.323. The quantitative estimate of drug-likeness (QED) is 0.243. The minimum atomic E-state index is -0.791. The molecule has 0 saturated carbocycles. The number of hydrogen-bond acceptors (Lipinski definition) is 5. The van der Waals surface area contributed by atoms with Crippen molar-refractivity contribution in [2.75, 3.05) is 11.5 Å². The van der Waals surface area contributed by atoms with Crippen molar-refractivity contribution >= 4 is 23.1 Å². The van der Waals surface area contributed by atoms with E-state index in [0.717, 1.165) is 16.9 Å². The molecule has 192 valence electrons. The van der Waals surface area contributed by atoms with Crippen LogP contribution in [-0.4, -0.2) is 28.4 Å². The van der Waals surface area contributed by atoms with Crippen LogP contribution in [0.1, 0.15) is 62.9 Å². The number of ketones is 1. The summed E-state index contributed by atoms with van der Waals surface area (Å²) in [5.74, 6) is -0.526. The fourth-order valence-corrected chi connectivity index (χ4v) is 4.45. The number of ether oxygens (including phenoxy) is 1. The standard InChI is InChI=1S/C31H34N2O4/c1-19(2)18-37-25-12-7-22(17-20(25)3)28(34)26-27(21-13-15-32-16-14-21)33(30(36)29(26)35)24-10-8-23(9-11-24)31(4,5)6/h7-17,19,27,34H,18H2,1-6H3/b28-26-. The van der Waals surface area contributed by atoms with E-state index in [4.69, 9.17) is 4.74 Å². The molecule has 2 heterocycles. The van der Waals surface area contributed by atoms with Gasteiger partial charge in [0.15, 0.2) is 0 Å². The molecule has 1 fully saturated rings. The van der Waals surface area contributed by atoms with Crippen molar-refractivity contribution in [1.82, 2.24) is 4.98 Å². The molecule has 1 aromatic heterocycles. The molecule has 0 aliphatic carbocycles. The maximum atomic E-state index is 13.4. The summed E-state index contributed by atoms with van der Waals surface area (Å²) >= 11 is 0. The van der Waals surface area contributed by atoms with Crippen molar-refractivity contribution in [1.29, 1.82) is 0 Å². The Morgan fingerprint density at radius 1 is 1.03 bits per heavy atom. The van der Waals surface area contributed by atoms with Crippen LogP contribution in [0.5, 0.6) is 5.75 Å². The molecule has 1 unspecified atom stereocenters. The van der Waals surface area contributed by atoms with Crippen LogP contribution >= 0.6 is 0 Å². The molecule has 0 spiro atoms. The van der Waals surface area contributed by atoms with Gasteiger partial charge in [-0.3, -0.25) is 19.5 Å². The normalized spacial score (nSPS) is 17.5. The largest absolute Gasteiger partial charge is 0.507 e. The predicted octanol–water partition coefficient (Wildman–Crippen LogP) is 6.35. The SMILES string of the molecule is Cc1cc(/C(O)=C2/C(=O)C(=O)N(c3ccc(C(C)(C)C)cc3)C2c2ccncc2)ccc1OCC(C)C. The second-order valence-electron chi connectivity index (χ2n) is 10.9. The lowest BCUT2D eigenvalue weighted by molar-refractivity contribution is -0.132. The molecule has 0 radical (unpaired) electrons. The zero-order valence-electron chi connectivity index (χ0n) is 22.3. The van der Waals surface area contributed by atoms with Gasteiger partial charge in [-0.1, -0.05) is 46.8 Å². The molecule has 1 aliphatic heterocycles. The first-order valence-corrected chi connectivity index (χ1v) is 12.5. The van der Waals surface area contributed by atoms with E-state index in [2.05, 4.69) is 39.6 Å². The van der Waals surface area contributed by atoms with E-state index in [0.29, 0.717) is 29.3 Å². The number of aliphatic hydroxyl groups excluding tert-OH is 1. The van der Waals surface area contributed by atoms with Crippen LogP contribution in [0.2, 0.25) is 0 Å². The second kappa shape index (κ2) is 10.2. The predicted molar refractivity (Wildman–Crippen MR) is 146 cm³/mol. The molecule has 37 heavy (non-hydrogen) atoms. The number of anilines is 1. The first-order valence-electron chi connectivity index (χ1n) is 12.5. The molecule has 6 heteroatoms. The van der Waals surface area contributed by atoms with Crippen LogP contribution in [0.4, 0.5) is 5.69 Å². The average molecular weight is 499 g/mol. The van der Waals surface area contributed by atoms with Gasteiger partial charge in [0.25, 0.3) is 11.7 Å². The lowest BCUT2D eigenvalue weighted by Crippen LogP contribution is -2.29. The highest BCUT2D eigenvalue weighted by molar-refractivity contribution is 6.51. The molecule has 1 aliphatic rings. The highest BCUT2D eigenvalue weighted by Gasteiger charge is 2.47. The van der Waals surface area contributed by atoms with Gasteiger partial charge in [-0.05, 0) is 77.4 Å². The van der Waals surface area contributed by atoms with Gasteiger partial charge in [-0.2, -0.15) is 0 Å². The minimum Gasteiger partial charge on any atom is -0.507 e. The molecule has 1 atom stereocenters. The monoisotopic (exact) mass is 498 g/mol. The van der Waals surface area contributed by atoms with Crippen molar-refractivity contribution in [3.05, 3.63) is 94.8 Å². The number of Topliss-reactive ketones (excluding diaryl/α,β-unsaturated/α-hetero) is 1. The van der Waals surface area contributed by atoms with Gasteiger partial charge in [0.2, 0.25) is 0 Å². The van der Waals surface area contributed by atoms with Crippen LogP contribution in [0, 0.1) is 12.8 Å². The van der Waals surface area contributed by atoms with Crippen LogP contribution in [0.3, 0.4) is 0 Å². The smallest absolute Gasteiger partial charge is 0.300 e. The third kappa shape index (κ3) is 5.29. The molecule has 1 N–H and O–H groups in total. The van der Waals surface area contributed by atoms with E-state index in [1.807, 2.05) is 31.2 Å². The topological polar surface area (TPSA) is 79.7 Å². The van der Waals surface area contributed by atoms with Crippen molar-refractivity contribution in [2.45, 2.75) is 53.0 Å². The van der Waals surface area contributed by atoms with Crippen molar-refractivity contribution in [3.63, 3.8) is 0 Å². The number of aromatic nitrogens is 1. The van der Waals surface area contributed by atoms with Crippen molar-refractivity contribution < 1.29 is 19.4 Å². The van der Waals surface area contributed by atoms with E-state index in [1.54, 1.807) is 42.7 Å². The fourth-order valence-electron chi connectivity index (χ4n) is 4.45. The van der Waals surface area contributed by atoms with Crippen LogP contribution < -0.4 is 9.64 Å². The first kappa shape index (κ1) is 26.1. The number of aliphatic hydroxyl groups is 1. The Morgan fingerprint density at radius 2 is 1.68 bits per heavy atom. The summed E-state index contributed by atoms with van der Waals surface area (Å²) in [4.78, 5) is 32.3. The maximum Gasteiger partial charge on any atom is 0.300 e. The van der Waals surface area contributed by atoms with E-state index >= 15 is 0 Å². The Morgan fingerprint density at radius 3 is 2.24 bits per heavy atom. The van der Waals surface area contributed by atoms with Gasteiger partial charge in [0.05, 0.1) is 18.2 Å². The van der Waals surface area contributed by atoms with E-state index in [9.17, 15) is 14.7 Å². The summed E-state index contributed by atoms with van der Waals surface area (Å²) in [6.45, 7) is 13.0. The molecule has 3 aromatic rings. The number of carbonyl (C=O) groups is 2. The first-order chi connectivity index (χ1) is 17.5. The van der Waals surface area contributed by atoms with Gasteiger partial charge in [0.1, 0.15) is 11.5 Å². The number of nitrogens with zero attached hydrogens (tertiary/aromatic N) is 2. The zero-order valence-corrected chi connectivity index (χ0v) is 22.3. The third-order valence-electron chi connectivity index (χ3n) is 6.50. The minimum absolute atomic E-state index is 0.0475. The summed E-state index contributed by atoms with van der Waals surface area (Å²) in [5.41, 5.74) is 3.66. The summed E-state index contributed by atoms with van der Waals surface area (Å²) in [6.07, 6.45) is 3.23. The Labute approximate surface area is 218 Å². The summed E-state index contributed by atoms with van der Waals surface area (Å²) in [6, 6.07) is 15.7.